The summed E-state index contributed by atoms with van der Waals surface area (Å²) < 4.78 is 5.08. The van der Waals surface area contributed by atoms with Gasteiger partial charge in [0.15, 0.2) is 0 Å². The highest BCUT2D eigenvalue weighted by Gasteiger charge is 2.04. The summed E-state index contributed by atoms with van der Waals surface area (Å²) in [4.78, 5) is 12.4. The number of carbonyl (C=O) groups excluding carboxylic acids is 1. The first-order valence-corrected chi connectivity index (χ1v) is 6.82. The zero-order chi connectivity index (χ0) is 12.5. The first-order valence-electron chi connectivity index (χ1n) is 5.83. The Balaban J connectivity index is 2.31. The number of ether oxygens (including phenoxy) is 1. The molecular weight excluding hydrogens is 234 g/mol. The molecule has 3 nitrogen and oxygen atoms in total. The van der Waals surface area contributed by atoms with E-state index < -0.39 is 0 Å². The Labute approximate surface area is 107 Å². The maximum atomic E-state index is 11.4. The van der Waals surface area contributed by atoms with E-state index in [-0.39, 0.29) is 5.97 Å². The smallest absolute Gasteiger partial charge is 0.316 e. The number of carbonyl (C=O) groups is 1. The van der Waals surface area contributed by atoms with Gasteiger partial charge in [-0.1, -0.05) is 25.5 Å². The normalized spacial score (nSPS) is 10.2. The second-order valence-electron chi connectivity index (χ2n) is 3.71. The molecule has 0 saturated carbocycles. The Kier molecular flexibility index (Phi) is 6.74. The zero-order valence-corrected chi connectivity index (χ0v) is 11.0. The third-order valence-electron chi connectivity index (χ3n) is 2.25. The van der Waals surface area contributed by atoms with Gasteiger partial charge in [0.1, 0.15) is 0 Å². The Morgan fingerprint density at radius 1 is 1.47 bits per heavy atom. The second-order valence-corrected chi connectivity index (χ2v) is 4.76. The van der Waals surface area contributed by atoms with Gasteiger partial charge >= 0.3 is 5.97 Å². The van der Waals surface area contributed by atoms with Gasteiger partial charge in [0.2, 0.25) is 0 Å². The fraction of sp³-hybridized carbons (Fsp3) is 0.462. The minimum Gasteiger partial charge on any atom is -0.465 e. The van der Waals surface area contributed by atoms with Crippen molar-refractivity contribution >= 4 is 17.7 Å². The van der Waals surface area contributed by atoms with Crippen LogP contribution in [0.2, 0.25) is 0 Å². The molecule has 4 heteroatoms. The van der Waals surface area contributed by atoms with Gasteiger partial charge in [-0.3, -0.25) is 4.79 Å². The van der Waals surface area contributed by atoms with E-state index in [1.165, 1.54) is 11.8 Å². The van der Waals surface area contributed by atoms with Crippen molar-refractivity contribution in [3.05, 3.63) is 29.8 Å². The summed E-state index contributed by atoms with van der Waals surface area (Å²) in [5, 5.41) is 0. The third kappa shape index (κ3) is 5.75. The van der Waals surface area contributed by atoms with Crippen LogP contribution < -0.4 is 5.73 Å². The van der Waals surface area contributed by atoms with Crippen LogP contribution in [0, 0.1) is 0 Å². The number of benzene rings is 1. The monoisotopic (exact) mass is 253 g/mol. The van der Waals surface area contributed by atoms with Crippen LogP contribution in [0.25, 0.3) is 0 Å². The zero-order valence-electron chi connectivity index (χ0n) is 10.1. The van der Waals surface area contributed by atoms with Gasteiger partial charge in [-0.05, 0) is 24.1 Å². The predicted molar refractivity (Wildman–Crippen MR) is 70.9 cm³/mol. The average Bonchev–Trinajstić information content (AvgIpc) is 2.37. The Morgan fingerprint density at radius 2 is 2.29 bits per heavy atom. The molecular formula is C13H19NO2S. The minimum atomic E-state index is -0.151. The van der Waals surface area contributed by atoms with Crippen LogP contribution in [0.4, 0.5) is 0 Å². The number of hydrogen-bond acceptors (Lipinski definition) is 4. The molecule has 0 bridgehead atoms. The van der Waals surface area contributed by atoms with Crippen LogP contribution in [0.5, 0.6) is 0 Å². The molecule has 0 aromatic heterocycles. The fourth-order valence-electron chi connectivity index (χ4n) is 1.28. The van der Waals surface area contributed by atoms with Gasteiger partial charge in [-0.25, -0.2) is 0 Å². The van der Waals surface area contributed by atoms with Crippen molar-refractivity contribution in [2.45, 2.75) is 31.2 Å². The van der Waals surface area contributed by atoms with Gasteiger partial charge < -0.3 is 10.5 Å². The van der Waals surface area contributed by atoms with E-state index in [4.69, 9.17) is 10.5 Å². The maximum Gasteiger partial charge on any atom is 0.316 e. The summed E-state index contributed by atoms with van der Waals surface area (Å²) in [6.45, 7) is 3.12. The van der Waals surface area contributed by atoms with E-state index >= 15 is 0 Å². The second kappa shape index (κ2) is 8.14. The van der Waals surface area contributed by atoms with Gasteiger partial charge in [0.25, 0.3) is 0 Å². The fourth-order valence-corrected chi connectivity index (χ4v) is 2.05. The molecule has 1 rings (SSSR count). The van der Waals surface area contributed by atoms with E-state index in [2.05, 4.69) is 6.92 Å². The van der Waals surface area contributed by atoms with Crippen molar-refractivity contribution < 1.29 is 9.53 Å². The van der Waals surface area contributed by atoms with Crippen LogP contribution in [-0.2, 0) is 16.1 Å². The van der Waals surface area contributed by atoms with E-state index in [1.807, 2.05) is 24.3 Å². The number of thioether (sulfide) groups is 1. The molecule has 1 aromatic rings. The van der Waals surface area contributed by atoms with E-state index in [0.29, 0.717) is 18.9 Å². The van der Waals surface area contributed by atoms with Crippen LogP contribution in [0.15, 0.2) is 29.2 Å². The molecule has 1 aromatic carbocycles. The summed E-state index contributed by atoms with van der Waals surface area (Å²) in [5.41, 5.74) is 6.63. The Bertz CT molecular complexity index is 355. The molecule has 2 N–H and O–H groups in total. The third-order valence-corrected chi connectivity index (χ3v) is 3.22. The Hall–Kier alpha value is -1.00. The van der Waals surface area contributed by atoms with Crippen molar-refractivity contribution in [2.24, 2.45) is 5.73 Å². The molecule has 0 heterocycles. The molecule has 0 aliphatic heterocycles. The molecule has 0 aliphatic carbocycles. The number of esters is 1. The van der Waals surface area contributed by atoms with Crippen molar-refractivity contribution in [3.8, 4) is 0 Å². The summed E-state index contributed by atoms with van der Waals surface area (Å²) in [6, 6.07) is 7.91. The predicted octanol–water partition coefficient (Wildman–Crippen LogP) is 2.58. The summed E-state index contributed by atoms with van der Waals surface area (Å²) in [5.74, 6) is 0.208. The lowest BCUT2D eigenvalue weighted by atomic mass is 10.2. The quantitative estimate of drug-likeness (QED) is 0.461. The van der Waals surface area contributed by atoms with Gasteiger partial charge in [-0.15, -0.1) is 11.8 Å². The minimum absolute atomic E-state index is 0.151. The number of unbranched alkanes of at least 4 members (excludes halogenated alkanes) is 1. The van der Waals surface area contributed by atoms with Crippen molar-refractivity contribution in [1.82, 2.24) is 0 Å². The molecule has 0 amide bonds. The van der Waals surface area contributed by atoms with E-state index in [0.717, 1.165) is 23.3 Å². The van der Waals surface area contributed by atoms with Gasteiger partial charge in [-0.2, -0.15) is 0 Å². The van der Waals surface area contributed by atoms with Crippen molar-refractivity contribution in [1.29, 1.82) is 0 Å². The number of rotatable bonds is 7. The first-order chi connectivity index (χ1) is 8.26. The van der Waals surface area contributed by atoms with Crippen molar-refractivity contribution in [2.75, 3.05) is 12.4 Å². The highest BCUT2D eigenvalue weighted by Crippen LogP contribution is 2.19. The van der Waals surface area contributed by atoms with E-state index in [1.54, 1.807) is 0 Å². The van der Waals surface area contributed by atoms with Crippen molar-refractivity contribution in [3.63, 3.8) is 0 Å². The van der Waals surface area contributed by atoms with Crippen LogP contribution >= 0.6 is 11.8 Å². The molecule has 0 unspecified atom stereocenters. The number of nitrogens with two attached hydrogens (primary N) is 1. The lowest BCUT2D eigenvalue weighted by Gasteiger charge is -2.05. The number of hydrogen-bond donors (Lipinski definition) is 1. The first kappa shape index (κ1) is 14.1. The van der Waals surface area contributed by atoms with Crippen LogP contribution in [0.3, 0.4) is 0 Å². The molecule has 0 atom stereocenters. The maximum absolute atomic E-state index is 11.4. The SMILES string of the molecule is CCCCOC(=O)CSc1cccc(CN)c1. The summed E-state index contributed by atoms with van der Waals surface area (Å²) in [7, 11) is 0. The van der Waals surface area contributed by atoms with Crippen LogP contribution in [-0.4, -0.2) is 18.3 Å². The van der Waals surface area contributed by atoms with Gasteiger partial charge in [0, 0.05) is 11.4 Å². The molecule has 0 saturated heterocycles. The Morgan fingerprint density at radius 3 is 3.00 bits per heavy atom. The van der Waals surface area contributed by atoms with Gasteiger partial charge in [0.05, 0.1) is 12.4 Å². The molecule has 0 fully saturated rings. The molecule has 0 radical (unpaired) electrons. The summed E-state index contributed by atoms with van der Waals surface area (Å²) >= 11 is 1.49. The molecule has 0 aliphatic rings. The van der Waals surface area contributed by atoms with Crippen LogP contribution in [0.1, 0.15) is 25.3 Å². The summed E-state index contributed by atoms with van der Waals surface area (Å²) in [6.07, 6.45) is 1.97. The lowest BCUT2D eigenvalue weighted by molar-refractivity contribution is -0.140. The topological polar surface area (TPSA) is 52.3 Å². The highest BCUT2D eigenvalue weighted by atomic mass is 32.2. The standard InChI is InChI=1S/C13H19NO2S/c1-2-3-7-16-13(15)10-17-12-6-4-5-11(8-12)9-14/h4-6,8H,2-3,7,9-10,14H2,1H3. The molecule has 0 spiro atoms. The van der Waals surface area contributed by atoms with E-state index in [9.17, 15) is 4.79 Å². The average molecular weight is 253 g/mol. The molecule has 94 valence electrons. The lowest BCUT2D eigenvalue weighted by Crippen LogP contribution is -2.08. The molecule has 17 heavy (non-hydrogen) atoms. The highest BCUT2D eigenvalue weighted by molar-refractivity contribution is 8.00. The largest absolute Gasteiger partial charge is 0.465 e.